The van der Waals surface area contributed by atoms with Gasteiger partial charge in [0, 0.05) is 30.2 Å². The molecule has 0 spiro atoms. The number of aryl methyl sites for hydroxylation is 1. The molecule has 2 aromatic carbocycles. The molecule has 4 rings (SSSR count). The maximum absolute atomic E-state index is 12.6. The molecule has 0 N–H and O–H groups in total. The molecule has 0 saturated carbocycles. The Morgan fingerprint density at radius 3 is 2.71 bits per heavy atom. The van der Waals surface area contributed by atoms with Crippen molar-refractivity contribution in [3.8, 4) is 34.6 Å². The Bertz CT molecular complexity index is 1290. The Balaban J connectivity index is 1.68. The first-order valence-electron chi connectivity index (χ1n) is 11.3. The highest BCUT2D eigenvalue weighted by molar-refractivity contribution is 5.93. The van der Waals surface area contributed by atoms with Crippen LogP contribution in [0.4, 0.5) is 0 Å². The summed E-state index contributed by atoms with van der Waals surface area (Å²) < 4.78 is 7.99. The fourth-order valence-corrected chi connectivity index (χ4v) is 4.30. The molecule has 1 atom stereocenters. The first-order chi connectivity index (χ1) is 16.5. The van der Waals surface area contributed by atoms with Crippen molar-refractivity contribution in [3.63, 3.8) is 0 Å². The number of rotatable bonds is 6. The van der Waals surface area contributed by atoms with Crippen molar-refractivity contribution in [2.75, 3.05) is 6.54 Å². The third kappa shape index (κ3) is 4.79. The molecule has 6 heteroatoms. The Morgan fingerprint density at radius 2 is 2.00 bits per heavy atom. The number of benzene rings is 2. The van der Waals surface area contributed by atoms with E-state index in [-0.39, 0.29) is 11.9 Å². The van der Waals surface area contributed by atoms with Gasteiger partial charge in [-0.1, -0.05) is 18.1 Å². The molecule has 34 heavy (non-hydrogen) atoms. The van der Waals surface area contributed by atoms with Crippen LogP contribution in [0.25, 0.3) is 17.5 Å². The Labute approximate surface area is 200 Å². The normalized spacial score (nSPS) is 15.3. The molecule has 1 fully saturated rings. The minimum Gasteiger partial charge on any atom is -0.457 e. The van der Waals surface area contributed by atoms with Crippen molar-refractivity contribution >= 4 is 18.8 Å². The number of imidazole rings is 1. The largest absolute Gasteiger partial charge is 0.457 e. The lowest BCUT2D eigenvalue weighted by atomic mass is 10.1. The second kappa shape index (κ2) is 10.2. The summed E-state index contributed by atoms with van der Waals surface area (Å²) in [5.74, 6) is 7.59. The van der Waals surface area contributed by atoms with Crippen LogP contribution in [0.1, 0.15) is 42.9 Å². The van der Waals surface area contributed by atoms with Gasteiger partial charge in [-0.25, -0.2) is 4.98 Å². The molecule has 172 valence electrons. The van der Waals surface area contributed by atoms with Crippen molar-refractivity contribution in [3.05, 3.63) is 71.8 Å². The van der Waals surface area contributed by atoms with E-state index < -0.39 is 0 Å². The molecule has 1 aliphatic rings. The first kappa shape index (κ1) is 23.1. The lowest BCUT2D eigenvalue weighted by molar-refractivity contribution is -0.126. The lowest BCUT2D eigenvalue weighted by Crippen LogP contribution is -2.30. The first-order valence-corrected chi connectivity index (χ1v) is 11.3. The zero-order chi connectivity index (χ0) is 24.1. The van der Waals surface area contributed by atoms with E-state index in [0.717, 1.165) is 52.7 Å². The third-order valence-corrected chi connectivity index (χ3v) is 5.90. The summed E-state index contributed by atoms with van der Waals surface area (Å²) in [6.45, 7) is 9.96. The Hall–Kier alpha value is -4.11. The molecular weight excluding hydrogens is 424 g/mol. The highest BCUT2D eigenvalue weighted by Crippen LogP contribution is 2.36. The molecule has 1 saturated heterocycles. The number of likely N-dealkylation sites (tertiary alicyclic amines) is 1. The highest BCUT2D eigenvalue weighted by Gasteiger charge is 2.33. The van der Waals surface area contributed by atoms with Gasteiger partial charge in [0.05, 0.1) is 11.7 Å². The smallest absolute Gasteiger partial charge is 0.299 e. The monoisotopic (exact) mass is 452 g/mol. The van der Waals surface area contributed by atoms with Gasteiger partial charge in [0.15, 0.2) is 0 Å². The van der Waals surface area contributed by atoms with E-state index in [9.17, 15) is 4.79 Å². The molecule has 0 aliphatic carbocycles. The van der Waals surface area contributed by atoms with Gasteiger partial charge in [0.1, 0.15) is 17.3 Å². The van der Waals surface area contributed by atoms with E-state index in [1.165, 1.54) is 0 Å². The summed E-state index contributed by atoms with van der Waals surface area (Å²) >= 11 is 0. The predicted molar refractivity (Wildman–Crippen MR) is 136 cm³/mol. The maximum atomic E-state index is 12.6. The zero-order valence-electron chi connectivity index (χ0n) is 19.8. The second-order valence-corrected chi connectivity index (χ2v) is 8.23. The van der Waals surface area contributed by atoms with Gasteiger partial charge in [-0.3, -0.25) is 9.79 Å². The van der Waals surface area contributed by atoms with Crippen molar-refractivity contribution in [1.29, 1.82) is 0 Å². The van der Waals surface area contributed by atoms with Crippen LogP contribution < -0.4 is 4.74 Å². The van der Waals surface area contributed by atoms with Crippen molar-refractivity contribution in [2.24, 2.45) is 4.99 Å². The minimum atomic E-state index is -0.165. The predicted octanol–water partition coefficient (Wildman–Crippen LogP) is 5.77. The van der Waals surface area contributed by atoms with Crippen LogP contribution in [0.3, 0.4) is 0 Å². The summed E-state index contributed by atoms with van der Waals surface area (Å²) in [5, 5.41) is 0. The van der Waals surface area contributed by atoms with Crippen molar-refractivity contribution < 1.29 is 9.53 Å². The molecule has 0 bridgehead atoms. The van der Waals surface area contributed by atoms with Crippen LogP contribution in [0.5, 0.6) is 11.5 Å². The number of nitrogens with zero attached hydrogens (tertiary/aromatic N) is 4. The van der Waals surface area contributed by atoms with Gasteiger partial charge in [0.2, 0.25) is 0 Å². The SMILES string of the molecule is C=N/C=C\n1c([C@@H]2CCCN2C(=O)C#CC)nc(-c2ccc(Oc3cccc(C)c3)cc2)c1C. The highest BCUT2D eigenvalue weighted by atomic mass is 16.5. The third-order valence-electron chi connectivity index (χ3n) is 5.90. The molecule has 1 amide bonds. The van der Waals surface area contributed by atoms with Gasteiger partial charge < -0.3 is 14.2 Å². The fraction of sp³-hybridized carbons (Fsp3) is 0.250. The maximum Gasteiger partial charge on any atom is 0.299 e. The standard InChI is InChI=1S/C28H28N4O2/c1-5-8-26(33)32-17-7-11-25(32)28-30-27(21(3)31(28)18-16-29-4)22-12-14-23(15-13-22)34-24-10-6-9-20(2)19-24/h6,9-10,12-16,18-19,25H,4,7,11,17H2,1-3H3/b18-16-/t25-/m0/s1. The van der Waals surface area contributed by atoms with E-state index in [1.807, 2.05) is 78.0 Å². The van der Waals surface area contributed by atoms with E-state index in [0.29, 0.717) is 6.54 Å². The number of carbonyl (C=O) groups excluding carboxylic acids is 1. The van der Waals surface area contributed by atoms with E-state index in [4.69, 9.17) is 9.72 Å². The van der Waals surface area contributed by atoms with E-state index in [2.05, 4.69) is 23.6 Å². The summed E-state index contributed by atoms with van der Waals surface area (Å²) in [7, 11) is 0. The number of aromatic nitrogens is 2. The average molecular weight is 453 g/mol. The van der Waals surface area contributed by atoms with Gasteiger partial charge in [0.25, 0.3) is 5.91 Å². The number of aliphatic imine (C=N–C) groups is 1. The van der Waals surface area contributed by atoms with Crippen LogP contribution in [-0.2, 0) is 4.79 Å². The Kier molecular flexibility index (Phi) is 6.93. The molecule has 1 aromatic heterocycles. The molecule has 0 unspecified atom stereocenters. The van der Waals surface area contributed by atoms with E-state index in [1.54, 1.807) is 13.1 Å². The molecule has 1 aliphatic heterocycles. The lowest BCUT2D eigenvalue weighted by Gasteiger charge is -2.22. The Morgan fingerprint density at radius 1 is 1.21 bits per heavy atom. The van der Waals surface area contributed by atoms with Gasteiger partial charge in [-0.2, -0.15) is 0 Å². The summed E-state index contributed by atoms with van der Waals surface area (Å²) in [5.41, 5.74) is 3.93. The van der Waals surface area contributed by atoms with Crippen LogP contribution in [0, 0.1) is 25.7 Å². The minimum absolute atomic E-state index is 0.140. The average Bonchev–Trinajstić information content (AvgIpc) is 3.43. The topological polar surface area (TPSA) is 59.7 Å². The second-order valence-electron chi connectivity index (χ2n) is 8.23. The van der Waals surface area contributed by atoms with Crippen LogP contribution in [0.2, 0.25) is 0 Å². The molecule has 6 nitrogen and oxygen atoms in total. The van der Waals surface area contributed by atoms with Gasteiger partial charge in [-0.15, -0.1) is 0 Å². The quantitative estimate of drug-likeness (QED) is 0.352. The number of ether oxygens (including phenoxy) is 1. The molecule has 2 heterocycles. The number of carbonyl (C=O) groups is 1. The van der Waals surface area contributed by atoms with Gasteiger partial charge in [-0.05, 0) is 88.2 Å². The fourth-order valence-electron chi connectivity index (χ4n) is 4.30. The number of amides is 1. The van der Waals surface area contributed by atoms with Crippen LogP contribution in [0.15, 0.2) is 59.7 Å². The van der Waals surface area contributed by atoms with Gasteiger partial charge >= 0.3 is 0 Å². The summed E-state index contributed by atoms with van der Waals surface area (Å²) in [6.07, 6.45) is 5.23. The molecule has 3 aromatic rings. The molecular formula is C28H28N4O2. The summed E-state index contributed by atoms with van der Waals surface area (Å²) in [6, 6.07) is 15.7. The zero-order valence-corrected chi connectivity index (χ0v) is 19.8. The summed E-state index contributed by atoms with van der Waals surface area (Å²) in [4.78, 5) is 23.3. The van der Waals surface area contributed by atoms with E-state index >= 15 is 0 Å². The van der Waals surface area contributed by atoms with Crippen molar-refractivity contribution in [2.45, 2.75) is 39.7 Å². The number of hydrogen-bond donors (Lipinski definition) is 0. The van der Waals surface area contributed by atoms with Crippen LogP contribution >= 0.6 is 0 Å². The molecule has 0 radical (unpaired) electrons. The van der Waals surface area contributed by atoms with Crippen LogP contribution in [-0.4, -0.2) is 33.6 Å². The van der Waals surface area contributed by atoms with Crippen molar-refractivity contribution in [1.82, 2.24) is 14.5 Å². The number of hydrogen-bond acceptors (Lipinski definition) is 4.